The fraction of sp³-hybridized carbons (Fsp3) is 0.316. The van der Waals surface area contributed by atoms with Crippen molar-refractivity contribution < 1.29 is 17.9 Å². The number of benzene rings is 2. The van der Waals surface area contributed by atoms with Crippen LogP contribution in [0.4, 0.5) is 0 Å². The minimum atomic E-state index is -3.53. The van der Waals surface area contributed by atoms with Crippen LogP contribution in [0.3, 0.4) is 0 Å². The Morgan fingerprint density at radius 3 is 2.23 bits per heavy atom. The lowest BCUT2D eigenvalue weighted by Crippen LogP contribution is -2.26. The SMILES string of the molecule is COc1cc(OC)cc(C2CC(c3ccccc3C)=NN2S(C)(=O)=O)c1. The molecule has 1 aliphatic heterocycles. The predicted molar refractivity (Wildman–Crippen MR) is 101 cm³/mol. The molecule has 0 saturated heterocycles. The van der Waals surface area contributed by atoms with Gasteiger partial charge in [-0.15, -0.1) is 0 Å². The van der Waals surface area contributed by atoms with Crippen LogP contribution in [0.25, 0.3) is 0 Å². The van der Waals surface area contributed by atoms with Crippen molar-refractivity contribution in [3.8, 4) is 11.5 Å². The van der Waals surface area contributed by atoms with Crippen molar-refractivity contribution in [2.45, 2.75) is 19.4 Å². The highest BCUT2D eigenvalue weighted by Crippen LogP contribution is 2.38. The van der Waals surface area contributed by atoms with Gasteiger partial charge in [0.1, 0.15) is 11.5 Å². The first-order chi connectivity index (χ1) is 12.3. The highest BCUT2D eigenvalue weighted by Gasteiger charge is 2.35. The first-order valence-electron chi connectivity index (χ1n) is 8.19. The summed E-state index contributed by atoms with van der Waals surface area (Å²) in [4.78, 5) is 0. The monoisotopic (exact) mass is 374 g/mol. The molecular weight excluding hydrogens is 352 g/mol. The van der Waals surface area contributed by atoms with E-state index in [9.17, 15) is 8.42 Å². The van der Waals surface area contributed by atoms with Crippen LogP contribution >= 0.6 is 0 Å². The van der Waals surface area contributed by atoms with Gasteiger partial charge in [0.25, 0.3) is 0 Å². The standard InChI is InChI=1S/C19H22N2O4S/c1-13-7-5-6-8-17(13)18-12-19(21(20-18)26(4,22)23)14-9-15(24-2)11-16(10-14)25-3/h5-11,19H,12H2,1-4H3. The molecule has 0 saturated carbocycles. The molecule has 0 aromatic heterocycles. The molecule has 7 heteroatoms. The quantitative estimate of drug-likeness (QED) is 0.806. The van der Waals surface area contributed by atoms with Crippen molar-refractivity contribution in [1.29, 1.82) is 0 Å². The highest BCUT2D eigenvalue weighted by atomic mass is 32.2. The zero-order chi connectivity index (χ0) is 18.9. The fourth-order valence-corrected chi connectivity index (χ4v) is 4.03. The minimum Gasteiger partial charge on any atom is -0.497 e. The van der Waals surface area contributed by atoms with Crippen LogP contribution in [-0.4, -0.2) is 39.0 Å². The summed E-state index contributed by atoms with van der Waals surface area (Å²) < 4.78 is 36.5. The molecule has 1 aliphatic rings. The van der Waals surface area contributed by atoms with Gasteiger partial charge in [0.05, 0.1) is 32.2 Å². The molecule has 0 fully saturated rings. The Hall–Kier alpha value is -2.54. The minimum absolute atomic E-state index is 0.441. The summed E-state index contributed by atoms with van der Waals surface area (Å²) in [5.41, 5.74) is 3.54. The first kappa shape index (κ1) is 18.3. The van der Waals surface area contributed by atoms with Gasteiger partial charge in [-0.25, -0.2) is 8.42 Å². The van der Waals surface area contributed by atoms with Gasteiger partial charge in [0, 0.05) is 18.1 Å². The van der Waals surface area contributed by atoms with Gasteiger partial charge in [-0.1, -0.05) is 24.3 Å². The van der Waals surface area contributed by atoms with Crippen LogP contribution in [-0.2, 0) is 10.0 Å². The average Bonchev–Trinajstić information content (AvgIpc) is 3.07. The number of aryl methyl sites for hydroxylation is 1. The third kappa shape index (κ3) is 3.53. The Morgan fingerprint density at radius 1 is 1.08 bits per heavy atom. The second kappa shape index (κ2) is 6.99. The Labute approximate surface area is 154 Å². The van der Waals surface area contributed by atoms with E-state index in [1.54, 1.807) is 20.3 Å². The number of nitrogens with zero attached hydrogens (tertiary/aromatic N) is 2. The molecule has 2 aromatic carbocycles. The number of hydrazone groups is 1. The Morgan fingerprint density at radius 2 is 1.69 bits per heavy atom. The third-order valence-corrected chi connectivity index (χ3v) is 5.44. The summed E-state index contributed by atoms with van der Waals surface area (Å²) >= 11 is 0. The largest absolute Gasteiger partial charge is 0.497 e. The Kier molecular flexibility index (Phi) is 4.91. The molecule has 1 atom stereocenters. The molecular formula is C19H22N2O4S. The van der Waals surface area contributed by atoms with Crippen molar-refractivity contribution in [3.05, 3.63) is 59.2 Å². The number of hydrogen-bond acceptors (Lipinski definition) is 5. The maximum atomic E-state index is 12.3. The van der Waals surface area contributed by atoms with Crippen LogP contribution in [0.5, 0.6) is 11.5 Å². The number of sulfonamides is 1. The van der Waals surface area contributed by atoms with Crippen LogP contribution in [0.15, 0.2) is 47.6 Å². The maximum Gasteiger partial charge on any atom is 0.247 e. The summed E-state index contributed by atoms with van der Waals surface area (Å²) in [5.74, 6) is 1.22. The summed E-state index contributed by atoms with van der Waals surface area (Å²) in [6.07, 6.45) is 1.65. The van der Waals surface area contributed by atoms with E-state index in [1.165, 1.54) is 10.7 Å². The highest BCUT2D eigenvalue weighted by molar-refractivity contribution is 7.88. The van der Waals surface area contributed by atoms with Gasteiger partial charge in [-0.2, -0.15) is 9.52 Å². The molecule has 1 unspecified atom stereocenters. The van der Waals surface area contributed by atoms with Gasteiger partial charge < -0.3 is 9.47 Å². The van der Waals surface area contributed by atoms with E-state index < -0.39 is 16.1 Å². The van der Waals surface area contributed by atoms with Crippen LogP contribution < -0.4 is 9.47 Å². The predicted octanol–water partition coefficient (Wildman–Crippen LogP) is 3.12. The molecule has 6 nitrogen and oxygen atoms in total. The van der Waals surface area contributed by atoms with Crippen molar-refractivity contribution in [2.75, 3.05) is 20.5 Å². The number of rotatable bonds is 5. The summed E-state index contributed by atoms with van der Waals surface area (Å²) in [7, 11) is -0.396. The van der Waals surface area contributed by atoms with E-state index in [-0.39, 0.29) is 0 Å². The fourth-order valence-electron chi connectivity index (χ4n) is 3.12. The Bertz CT molecular complexity index is 932. The molecule has 0 spiro atoms. The van der Waals surface area contributed by atoms with Crippen molar-refractivity contribution in [1.82, 2.24) is 4.41 Å². The van der Waals surface area contributed by atoms with E-state index >= 15 is 0 Å². The van der Waals surface area contributed by atoms with Gasteiger partial charge in [-0.3, -0.25) is 0 Å². The molecule has 1 heterocycles. The molecule has 2 aromatic rings. The van der Waals surface area contributed by atoms with Crippen LogP contribution in [0.1, 0.15) is 29.2 Å². The molecule has 0 amide bonds. The van der Waals surface area contributed by atoms with Crippen molar-refractivity contribution in [2.24, 2.45) is 5.10 Å². The zero-order valence-electron chi connectivity index (χ0n) is 15.3. The summed E-state index contributed by atoms with van der Waals surface area (Å²) in [6.45, 7) is 1.99. The van der Waals surface area contributed by atoms with Crippen LogP contribution in [0, 0.1) is 6.92 Å². The third-order valence-electron chi connectivity index (χ3n) is 4.43. The van der Waals surface area contributed by atoms with Crippen molar-refractivity contribution >= 4 is 15.7 Å². The summed E-state index contributed by atoms with van der Waals surface area (Å²) in [6, 6.07) is 12.8. The topological polar surface area (TPSA) is 68.2 Å². The first-order valence-corrected chi connectivity index (χ1v) is 10.0. The molecule has 26 heavy (non-hydrogen) atoms. The van der Waals surface area contributed by atoms with E-state index in [0.717, 1.165) is 22.4 Å². The maximum absolute atomic E-state index is 12.3. The van der Waals surface area contributed by atoms with Gasteiger partial charge in [-0.05, 0) is 30.2 Å². The number of ether oxygens (including phenoxy) is 2. The number of methoxy groups -OCH3 is 2. The summed E-state index contributed by atoms with van der Waals surface area (Å²) in [5, 5.41) is 4.44. The van der Waals surface area contributed by atoms with E-state index in [4.69, 9.17) is 9.47 Å². The average molecular weight is 374 g/mol. The second-order valence-corrected chi connectivity index (χ2v) is 8.10. The van der Waals surface area contributed by atoms with Crippen molar-refractivity contribution in [3.63, 3.8) is 0 Å². The van der Waals surface area contributed by atoms with Gasteiger partial charge in [0.15, 0.2) is 0 Å². The van der Waals surface area contributed by atoms with Gasteiger partial charge >= 0.3 is 0 Å². The van der Waals surface area contributed by atoms with Gasteiger partial charge in [0.2, 0.25) is 10.0 Å². The van der Waals surface area contributed by atoms with Crippen LogP contribution in [0.2, 0.25) is 0 Å². The molecule has 0 N–H and O–H groups in total. The van der Waals surface area contributed by atoms with E-state index in [1.807, 2.05) is 43.3 Å². The normalized spacial score (nSPS) is 17.2. The molecule has 0 radical (unpaired) electrons. The van der Waals surface area contributed by atoms with E-state index in [2.05, 4.69) is 5.10 Å². The molecule has 3 rings (SSSR count). The second-order valence-electron chi connectivity index (χ2n) is 6.26. The molecule has 0 aliphatic carbocycles. The zero-order valence-corrected chi connectivity index (χ0v) is 16.1. The lowest BCUT2D eigenvalue weighted by molar-refractivity contribution is 0.364. The smallest absolute Gasteiger partial charge is 0.247 e. The van der Waals surface area contributed by atoms with E-state index in [0.29, 0.717) is 17.9 Å². The lowest BCUT2D eigenvalue weighted by atomic mass is 9.96. The number of hydrogen-bond donors (Lipinski definition) is 0. The lowest BCUT2D eigenvalue weighted by Gasteiger charge is -2.22. The molecule has 138 valence electrons. The molecule has 0 bridgehead atoms. The Balaban J connectivity index is 2.07.